The molecule has 0 spiro atoms. The van der Waals surface area contributed by atoms with Gasteiger partial charge in [-0.3, -0.25) is 0 Å². The first-order valence-electron chi connectivity index (χ1n) is 5.09. The molecule has 0 saturated heterocycles. The molecule has 0 amide bonds. The van der Waals surface area contributed by atoms with E-state index in [1.807, 2.05) is 13.8 Å². The topological polar surface area (TPSA) is 74.4 Å². The van der Waals surface area contributed by atoms with Crippen LogP contribution in [0.5, 0.6) is 5.88 Å². The molecule has 0 saturated carbocycles. The minimum atomic E-state index is -0.492. The number of nitrogen functional groups attached to an aromatic ring is 1. The van der Waals surface area contributed by atoms with Crippen molar-refractivity contribution in [3.8, 4) is 5.88 Å². The van der Waals surface area contributed by atoms with Gasteiger partial charge in [0.25, 0.3) is 0 Å². The van der Waals surface area contributed by atoms with Crippen LogP contribution in [-0.4, -0.2) is 24.2 Å². The number of esters is 1. The molecule has 5 nitrogen and oxygen atoms in total. The van der Waals surface area contributed by atoms with Crippen LogP contribution < -0.4 is 10.5 Å². The van der Waals surface area contributed by atoms with Crippen molar-refractivity contribution in [2.75, 3.05) is 12.8 Å². The molecule has 0 aromatic carbocycles. The number of rotatable bonds is 4. The third-order valence-corrected chi connectivity index (χ3v) is 2.21. The maximum absolute atomic E-state index is 11.4. The number of carbonyl (C=O) groups is 1. The number of hydrogen-bond acceptors (Lipinski definition) is 5. The summed E-state index contributed by atoms with van der Waals surface area (Å²) in [5.74, 6) is -0.113. The number of pyridine rings is 1. The summed E-state index contributed by atoms with van der Waals surface area (Å²) in [6, 6.07) is 1.49. The Morgan fingerprint density at radius 3 is 2.88 bits per heavy atom. The van der Waals surface area contributed by atoms with Crippen LogP contribution in [0.25, 0.3) is 0 Å². The zero-order valence-corrected chi connectivity index (χ0v) is 9.69. The van der Waals surface area contributed by atoms with E-state index in [9.17, 15) is 4.79 Å². The van der Waals surface area contributed by atoms with Gasteiger partial charge < -0.3 is 15.2 Å². The quantitative estimate of drug-likeness (QED) is 0.787. The first kappa shape index (κ1) is 12.3. The van der Waals surface area contributed by atoms with Gasteiger partial charge in [0.15, 0.2) is 0 Å². The number of ether oxygens (including phenoxy) is 2. The lowest BCUT2D eigenvalue weighted by Gasteiger charge is -2.12. The van der Waals surface area contributed by atoms with Crippen LogP contribution in [0.15, 0.2) is 12.3 Å². The highest BCUT2D eigenvalue weighted by Gasteiger charge is 2.13. The molecule has 1 atom stereocenters. The molecule has 5 heteroatoms. The number of aromatic nitrogens is 1. The number of hydrogen-bond donors (Lipinski definition) is 1. The molecule has 1 aromatic rings. The fraction of sp³-hybridized carbons (Fsp3) is 0.455. The van der Waals surface area contributed by atoms with E-state index in [4.69, 9.17) is 10.5 Å². The number of methoxy groups -OCH3 is 1. The SMILES string of the molecule is CCC(C)Oc1cc(C(=O)OC)c(N)cn1. The van der Waals surface area contributed by atoms with Crippen LogP contribution in [0.2, 0.25) is 0 Å². The van der Waals surface area contributed by atoms with E-state index in [1.165, 1.54) is 19.4 Å². The summed E-state index contributed by atoms with van der Waals surface area (Å²) in [5, 5.41) is 0. The monoisotopic (exact) mass is 224 g/mol. The van der Waals surface area contributed by atoms with Crippen LogP contribution in [0, 0.1) is 0 Å². The molecule has 16 heavy (non-hydrogen) atoms. The van der Waals surface area contributed by atoms with Crippen LogP contribution in [0.1, 0.15) is 30.6 Å². The minimum absolute atomic E-state index is 0.0432. The maximum Gasteiger partial charge on any atom is 0.340 e. The molecule has 2 N–H and O–H groups in total. The number of anilines is 1. The third kappa shape index (κ3) is 2.85. The lowest BCUT2D eigenvalue weighted by atomic mass is 10.2. The van der Waals surface area contributed by atoms with Gasteiger partial charge in [0, 0.05) is 6.07 Å². The van der Waals surface area contributed by atoms with Crippen LogP contribution in [-0.2, 0) is 4.74 Å². The Hall–Kier alpha value is -1.78. The van der Waals surface area contributed by atoms with E-state index in [1.54, 1.807) is 0 Å². The van der Waals surface area contributed by atoms with Gasteiger partial charge in [-0.05, 0) is 13.3 Å². The van der Waals surface area contributed by atoms with Gasteiger partial charge in [0.1, 0.15) is 0 Å². The van der Waals surface area contributed by atoms with Gasteiger partial charge >= 0.3 is 5.97 Å². The summed E-state index contributed by atoms with van der Waals surface area (Å²) >= 11 is 0. The fourth-order valence-electron chi connectivity index (χ4n) is 1.09. The first-order chi connectivity index (χ1) is 7.58. The summed E-state index contributed by atoms with van der Waals surface area (Å²) in [4.78, 5) is 15.3. The van der Waals surface area contributed by atoms with Crippen LogP contribution in [0.3, 0.4) is 0 Å². The second kappa shape index (κ2) is 5.34. The molecule has 1 heterocycles. The molecule has 88 valence electrons. The lowest BCUT2D eigenvalue weighted by Crippen LogP contribution is -2.12. The Bertz CT molecular complexity index is 379. The summed E-state index contributed by atoms with van der Waals surface area (Å²) < 4.78 is 10.1. The normalized spacial score (nSPS) is 11.9. The van der Waals surface area contributed by atoms with E-state index >= 15 is 0 Å². The van der Waals surface area contributed by atoms with Gasteiger partial charge in [-0.2, -0.15) is 0 Å². The zero-order chi connectivity index (χ0) is 12.1. The maximum atomic E-state index is 11.4. The molecule has 0 aliphatic carbocycles. The fourth-order valence-corrected chi connectivity index (χ4v) is 1.09. The molecule has 1 aromatic heterocycles. The van der Waals surface area contributed by atoms with Crippen molar-refractivity contribution in [3.63, 3.8) is 0 Å². The molecule has 0 fully saturated rings. The second-order valence-corrected chi connectivity index (χ2v) is 3.44. The smallest absolute Gasteiger partial charge is 0.340 e. The number of carbonyl (C=O) groups excluding carboxylic acids is 1. The highest BCUT2D eigenvalue weighted by molar-refractivity contribution is 5.95. The molecule has 0 bridgehead atoms. The first-order valence-corrected chi connectivity index (χ1v) is 5.09. The molecular weight excluding hydrogens is 208 g/mol. The highest BCUT2D eigenvalue weighted by atomic mass is 16.5. The molecule has 1 rings (SSSR count). The second-order valence-electron chi connectivity index (χ2n) is 3.44. The Balaban J connectivity index is 2.93. The van der Waals surface area contributed by atoms with E-state index in [-0.39, 0.29) is 17.4 Å². The van der Waals surface area contributed by atoms with Crippen molar-refractivity contribution in [2.24, 2.45) is 0 Å². The van der Waals surface area contributed by atoms with Crippen LogP contribution in [0.4, 0.5) is 5.69 Å². The van der Waals surface area contributed by atoms with Gasteiger partial charge in [0.05, 0.1) is 30.7 Å². The predicted molar refractivity (Wildman–Crippen MR) is 60.4 cm³/mol. The van der Waals surface area contributed by atoms with Crippen molar-refractivity contribution in [3.05, 3.63) is 17.8 Å². The van der Waals surface area contributed by atoms with E-state index in [2.05, 4.69) is 9.72 Å². The third-order valence-electron chi connectivity index (χ3n) is 2.21. The Morgan fingerprint density at radius 1 is 1.62 bits per heavy atom. The van der Waals surface area contributed by atoms with E-state index in [0.29, 0.717) is 5.88 Å². The zero-order valence-electron chi connectivity index (χ0n) is 9.69. The largest absolute Gasteiger partial charge is 0.475 e. The van der Waals surface area contributed by atoms with Gasteiger partial charge in [-0.1, -0.05) is 6.92 Å². The van der Waals surface area contributed by atoms with Gasteiger partial charge in [0.2, 0.25) is 5.88 Å². The van der Waals surface area contributed by atoms with Gasteiger partial charge in [-0.25, -0.2) is 9.78 Å². The van der Waals surface area contributed by atoms with Crippen LogP contribution >= 0.6 is 0 Å². The molecule has 0 aliphatic heterocycles. The Kier molecular flexibility index (Phi) is 4.10. The highest BCUT2D eigenvalue weighted by Crippen LogP contribution is 2.18. The number of nitrogens with zero attached hydrogens (tertiary/aromatic N) is 1. The summed E-state index contributed by atoms with van der Waals surface area (Å²) in [6.07, 6.45) is 2.30. The minimum Gasteiger partial charge on any atom is -0.475 e. The Morgan fingerprint density at radius 2 is 2.31 bits per heavy atom. The molecule has 0 aliphatic rings. The Labute approximate surface area is 94.6 Å². The van der Waals surface area contributed by atoms with E-state index in [0.717, 1.165) is 6.42 Å². The van der Waals surface area contributed by atoms with Crippen molar-refractivity contribution in [1.29, 1.82) is 0 Å². The van der Waals surface area contributed by atoms with Crippen molar-refractivity contribution in [1.82, 2.24) is 4.98 Å². The van der Waals surface area contributed by atoms with Crippen molar-refractivity contribution >= 4 is 11.7 Å². The summed E-state index contributed by atoms with van der Waals surface area (Å²) in [5.41, 5.74) is 6.17. The molecule has 1 unspecified atom stereocenters. The van der Waals surface area contributed by atoms with E-state index < -0.39 is 5.97 Å². The predicted octanol–water partition coefficient (Wildman–Crippen LogP) is 1.63. The molecule has 0 radical (unpaired) electrons. The average molecular weight is 224 g/mol. The lowest BCUT2D eigenvalue weighted by molar-refractivity contribution is 0.0601. The summed E-state index contributed by atoms with van der Waals surface area (Å²) in [7, 11) is 1.30. The average Bonchev–Trinajstić information content (AvgIpc) is 2.30. The van der Waals surface area contributed by atoms with Crippen molar-refractivity contribution in [2.45, 2.75) is 26.4 Å². The van der Waals surface area contributed by atoms with Gasteiger partial charge in [-0.15, -0.1) is 0 Å². The summed E-state index contributed by atoms with van der Waals surface area (Å²) in [6.45, 7) is 3.93. The van der Waals surface area contributed by atoms with Crippen molar-refractivity contribution < 1.29 is 14.3 Å². The number of nitrogens with two attached hydrogens (primary N) is 1. The standard InChI is InChI=1S/C11H16N2O3/c1-4-7(2)16-10-5-8(11(14)15-3)9(12)6-13-10/h5-7H,4,12H2,1-3H3. The molecular formula is C11H16N2O3.